The number of nitrogens with one attached hydrogen (secondary N) is 2. The maximum Gasteiger partial charge on any atom is 0.322 e. The molecule has 2 N–H and O–H groups in total. The number of amides is 3. The van der Waals surface area contributed by atoms with E-state index in [2.05, 4.69) is 10.6 Å². The molecule has 0 bridgehead atoms. The van der Waals surface area contributed by atoms with Crippen molar-refractivity contribution in [3.63, 3.8) is 0 Å². The second-order valence-corrected chi connectivity index (χ2v) is 6.59. The first kappa shape index (κ1) is 17.2. The first-order valence-electron chi connectivity index (χ1n) is 8.94. The lowest BCUT2D eigenvalue weighted by molar-refractivity contribution is 0.0789. The third kappa shape index (κ3) is 3.53. The Morgan fingerprint density at radius 2 is 2.07 bits per heavy atom. The van der Waals surface area contributed by atoms with Crippen molar-refractivity contribution in [1.82, 2.24) is 10.6 Å². The van der Waals surface area contributed by atoms with Gasteiger partial charge in [-0.15, -0.1) is 0 Å². The highest BCUT2D eigenvalue weighted by Crippen LogP contribution is 2.30. The van der Waals surface area contributed by atoms with Gasteiger partial charge in [0.25, 0.3) is 5.91 Å². The van der Waals surface area contributed by atoms with Gasteiger partial charge in [-0.2, -0.15) is 0 Å². The minimum atomic E-state index is -0.252. The summed E-state index contributed by atoms with van der Waals surface area (Å²) in [5.74, 6) is 1.19. The third-order valence-electron chi connectivity index (χ3n) is 4.68. The maximum absolute atomic E-state index is 12.6. The number of hydrogen-bond donors (Lipinski definition) is 2. The molecule has 27 heavy (non-hydrogen) atoms. The molecule has 0 aliphatic carbocycles. The number of hydrogen-bond acceptors (Lipinski definition) is 4. The van der Waals surface area contributed by atoms with E-state index >= 15 is 0 Å². The molecule has 4 rings (SSSR count). The maximum atomic E-state index is 12.6. The minimum absolute atomic E-state index is 0.137. The molecule has 0 radical (unpaired) electrons. The van der Waals surface area contributed by atoms with E-state index in [0.717, 1.165) is 11.3 Å². The molecule has 7 nitrogen and oxygen atoms in total. The first-order valence-corrected chi connectivity index (χ1v) is 8.94. The van der Waals surface area contributed by atoms with Gasteiger partial charge in [-0.1, -0.05) is 18.2 Å². The molecule has 1 saturated heterocycles. The van der Waals surface area contributed by atoms with E-state index in [1.807, 2.05) is 37.3 Å². The molecular formula is C20H21N3O4. The highest BCUT2D eigenvalue weighted by molar-refractivity contribution is 5.99. The summed E-state index contributed by atoms with van der Waals surface area (Å²) in [6.07, 6.45) is -0.252. The smallest absolute Gasteiger partial charge is 0.322 e. The number of carbonyl (C=O) groups is 2. The largest absolute Gasteiger partial charge is 0.486 e. The van der Waals surface area contributed by atoms with Gasteiger partial charge in [0.2, 0.25) is 0 Å². The predicted octanol–water partition coefficient (Wildman–Crippen LogP) is 2.09. The molecule has 3 amide bonds. The lowest BCUT2D eigenvalue weighted by atomic mass is 10.1. The number of nitrogens with zero attached hydrogens (tertiary/aromatic N) is 1. The fourth-order valence-corrected chi connectivity index (χ4v) is 3.22. The molecule has 2 heterocycles. The van der Waals surface area contributed by atoms with E-state index in [1.54, 1.807) is 17.0 Å². The van der Waals surface area contributed by atoms with Crippen LogP contribution in [-0.2, 0) is 0 Å². The number of para-hydroxylation sites is 2. The Bertz CT molecular complexity index is 883. The standard InChI is InChI=1S/C20H21N3O4/c1-13-6-7-14(10-16(13)23-9-8-21-20(23)25)19(24)22-11-15-12-26-17-4-2-3-5-18(17)27-15/h2-7,10,15H,8-9,11-12H2,1H3,(H,21,25)(H,22,24). The second kappa shape index (κ2) is 7.19. The molecule has 2 aromatic rings. The molecule has 0 saturated carbocycles. The summed E-state index contributed by atoms with van der Waals surface area (Å²) < 4.78 is 11.5. The van der Waals surface area contributed by atoms with Crippen molar-refractivity contribution in [3.05, 3.63) is 53.6 Å². The molecule has 2 aliphatic heterocycles. The van der Waals surface area contributed by atoms with Gasteiger partial charge >= 0.3 is 6.03 Å². The zero-order chi connectivity index (χ0) is 18.8. The molecule has 1 unspecified atom stereocenters. The first-order chi connectivity index (χ1) is 13.1. The number of anilines is 1. The summed E-state index contributed by atoms with van der Waals surface area (Å²) in [6.45, 7) is 3.84. The second-order valence-electron chi connectivity index (χ2n) is 6.59. The van der Waals surface area contributed by atoms with E-state index < -0.39 is 0 Å². The number of rotatable bonds is 4. The van der Waals surface area contributed by atoms with Gasteiger partial charge in [-0.25, -0.2) is 4.79 Å². The van der Waals surface area contributed by atoms with Gasteiger partial charge < -0.3 is 20.1 Å². The fraction of sp³-hybridized carbons (Fsp3) is 0.300. The summed E-state index contributed by atoms with van der Waals surface area (Å²) in [5, 5.41) is 5.66. The number of carbonyl (C=O) groups excluding carboxylic acids is 2. The molecule has 1 atom stereocenters. The third-order valence-corrected chi connectivity index (χ3v) is 4.68. The van der Waals surface area contributed by atoms with Crippen LogP contribution in [0.3, 0.4) is 0 Å². The molecule has 0 aromatic heterocycles. The number of urea groups is 1. The van der Waals surface area contributed by atoms with Gasteiger partial charge in [-0.05, 0) is 36.8 Å². The van der Waals surface area contributed by atoms with Gasteiger partial charge in [0, 0.05) is 24.3 Å². The van der Waals surface area contributed by atoms with Crippen LogP contribution in [0.2, 0.25) is 0 Å². The number of benzene rings is 2. The van der Waals surface area contributed by atoms with Crippen LogP contribution in [-0.4, -0.2) is 44.3 Å². The molecular weight excluding hydrogens is 346 g/mol. The van der Waals surface area contributed by atoms with Crippen molar-refractivity contribution < 1.29 is 19.1 Å². The molecule has 2 aliphatic rings. The Hall–Kier alpha value is -3.22. The summed E-state index contributed by atoms with van der Waals surface area (Å²) in [4.78, 5) is 26.1. The van der Waals surface area contributed by atoms with Crippen LogP contribution < -0.4 is 25.0 Å². The quantitative estimate of drug-likeness (QED) is 0.867. The molecule has 7 heteroatoms. The van der Waals surface area contributed by atoms with Gasteiger partial charge in [-0.3, -0.25) is 9.69 Å². The van der Waals surface area contributed by atoms with E-state index in [0.29, 0.717) is 43.3 Å². The van der Waals surface area contributed by atoms with Crippen molar-refractivity contribution in [1.29, 1.82) is 0 Å². The van der Waals surface area contributed by atoms with Crippen molar-refractivity contribution in [3.8, 4) is 11.5 Å². The van der Waals surface area contributed by atoms with E-state index in [1.165, 1.54) is 0 Å². The van der Waals surface area contributed by atoms with Crippen LogP contribution in [0.25, 0.3) is 0 Å². The number of ether oxygens (including phenoxy) is 2. The molecule has 140 valence electrons. The van der Waals surface area contributed by atoms with Crippen LogP contribution in [0.4, 0.5) is 10.5 Å². The van der Waals surface area contributed by atoms with E-state index in [-0.39, 0.29) is 18.0 Å². The van der Waals surface area contributed by atoms with Crippen LogP contribution in [0.1, 0.15) is 15.9 Å². The Morgan fingerprint density at radius 1 is 1.26 bits per heavy atom. The lowest BCUT2D eigenvalue weighted by Crippen LogP contribution is -2.40. The summed E-state index contributed by atoms with van der Waals surface area (Å²) >= 11 is 0. The van der Waals surface area contributed by atoms with Gasteiger partial charge in [0.1, 0.15) is 12.7 Å². The number of fused-ring (bicyclic) bond motifs is 1. The molecule has 1 fully saturated rings. The van der Waals surface area contributed by atoms with Crippen LogP contribution >= 0.6 is 0 Å². The zero-order valence-corrected chi connectivity index (χ0v) is 15.0. The van der Waals surface area contributed by atoms with Crippen LogP contribution in [0.5, 0.6) is 11.5 Å². The van der Waals surface area contributed by atoms with E-state index in [9.17, 15) is 9.59 Å². The Morgan fingerprint density at radius 3 is 2.85 bits per heavy atom. The highest BCUT2D eigenvalue weighted by atomic mass is 16.6. The van der Waals surface area contributed by atoms with Crippen molar-refractivity contribution in [2.24, 2.45) is 0 Å². The molecule has 0 spiro atoms. The zero-order valence-electron chi connectivity index (χ0n) is 15.0. The summed E-state index contributed by atoms with van der Waals surface area (Å²) in [6, 6.07) is 12.7. The van der Waals surface area contributed by atoms with Crippen molar-refractivity contribution in [2.75, 3.05) is 31.1 Å². The van der Waals surface area contributed by atoms with Crippen molar-refractivity contribution in [2.45, 2.75) is 13.0 Å². The lowest BCUT2D eigenvalue weighted by Gasteiger charge is -2.26. The Labute approximate surface area is 157 Å². The normalized spacial score (nSPS) is 18.2. The monoisotopic (exact) mass is 367 g/mol. The Kier molecular flexibility index (Phi) is 4.58. The average Bonchev–Trinajstić information content (AvgIpc) is 3.12. The van der Waals surface area contributed by atoms with Crippen molar-refractivity contribution >= 4 is 17.6 Å². The van der Waals surface area contributed by atoms with Gasteiger partial charge in [0.15, 0.2) is 11.5 Å². The topological polar surface area (TPSA) is 79.9 Å². The summed E-state index contributed by atoms with van der Waals surface area (Å²) in [7, 11) is 0. The van der Waals surface area contributed by atoms with Crippen LogP contribution in [0, 0.1) is 6.92 Å². The Balaban J connectivity index is 1.41. The number of aryl methyl sites for hydroxylation is 1. The van der Waals surface area contributed by atoms with E-state index in [4.69, 9.17) is 9.47 Å². The molecule has 2 aromatic carbocycles. The predicted molar refractivity (Wildman–Crippen MR) is 101 cm³/mol. The summed E-state index contributed by atoms with van der Waals surface area (Å²) in [5.41, 5.74) is 2.21. The van der Waals surface area contributed by atoms with Crippen LogP contribution in [0.15, 0.2) is 42.5 Å². The fourth-order valence-electron chi connectivity index (χ4n) is 3.22. The average molecular weight is 367 g/mol. The van der Waals surface area contributed by atoms with Gasteiger partial charge in [0.05, 0.1) is 6.54 Å². The minimum Gasteiger partial charge on any atom is -0.486 e. The highest BCUT2D eigenvalue weighted by Gasteiger charge is 2.24. The SMILES string of the molecule is Cc1ccc(C(=O)NCC2COc3ccccc3O2)cc1N1CCNC1=O.